The van der Waals surface area contributed by atoms with Crippen molar-refractivity contribution in [2.45, 2.75) is 136 Å². The summed E-state index contributed by atoms with van der Waals surface area (Å²) < 4.78 is 11.6. The van der Waals surface area contributed by atoms with E-state index in [4.69, 9.17) is 9.37 Å². The minimum absolute atomic E-state index is 0.0330. The van der Waals surface area contributed by atoms with Crippen LogP contribution >= 0.6 is 0 Å². The van der Waals surface area contributed by atoms with E-state index >= 15 is 0 Å². The molecule has 0 saturated heterocycles. The van der Waals surface area contributed by atoms with Crippen LogP contribution in [0, 0.1) is 6.92 Å². The maximum absolute atomic E-state index is 13.9. The van der Waals surface area contributed by atoms with E-state index in [1.54, 1.807) is 52.8 Å². The lowest BCUT2D eigenvalue weighted by Gasteiger charge is -2.34. The molecule has 0 spiro atoms. The zero-order valence-electron chi connectivity index (χ0n) is 27.7. The summed E-state index contributed by atoms with van der Waals surface area (Å²) in [4.78, 5) is 60.5. The van der Waals surface area contributed by atoms with Crippen LogP contribution in [0.4, 0.5) is 5.82 Å². The number of carbonyl (C=O) groups is 3. The molecule has 0 aromatic carbocycles. The van der Waals surface area contributed by atoms with Gasteiger partial charge in [-0.05, 0) is 47.0 Å². The minimum Gasteiger partial charge on any atom is -0.460 e. The van der Waals surface area contributed by atoms with Crippen LogP contribution in [0.2, 0.25) is 0 Å². The number of nitrogens with zero attached hydrogens (tertiary/aromatic N) is 5. The van der Waals surface area contributed by atoms with E-state index in [0.29, 0.717) is 17.1 Å². The lowest BCUT2D eigenvalue weighted by molar-refractivity contribution is -0.157. The molecule has 2 heterocycles. The van der Waals surface area contributed by atoms with Gasteiger partial charge in [0.15, 0.2) is 5.82 Å². The Morgan fingerprint density at radius 2 is 1.77 bits per heavy atom. The molecular weight excluding hydrogens is 566 g/mol. The van der Waals surface area contributed by atoms with Crippen molar-refractivity contribution in [3.63, 3.8) is 0 Å². The normalized spacial score (nSPS) is 15.8. The second-order valence-corrected chi connectivity index (χ2v) is 13.6. The summed E-state index contributed by atoms with van der Waals surface area (Å²) in [5, 5.41) is 13.5. The number of carbonyl (C=O) groups excluding carboxylic acids is 3. The SMILES string of the molecule is CCC(C(=O)NC(CC(=O)OC(C)(C)C)C(=O)N(C)C1CCCCC1)n1cc(C(C)(C)C)nc(NCc2nonc2C)c1=O. The number of nitrogens with one attached hydrogen (secondary N) is 2. The van der Waals surface area contributed by atoms with Crippen molar-refractivity contribution in [2.75, 3.05) is 12.4 Å². The van der Waals surface area contributed by atoms with Crippen molar-refractivity contribution in [1.29, 1.82) is 0 Å². The molecular formula is C31H49N7O6. The van der Waals surface area contributed by atoms with Crippen LogP contribution < -0.4 is 16.2 Å². The van der Waals surface area contributed by atoms with E-state index < -0.39 is 40.5 Å². The molecule has 244 valence electrons. The Morgan fingerprint density at radius 3 is 2.32 bits per heavy atom. The van der Waals surface area contributed by atoms with Crippen molar-refractivity contribution in [1.82, 2.24) is 30.1 Å². The summed E-state index contributed by atoms with van der Waals surface area (Å²) in [6.07, 6.45) is 6.41. The molecule has 3 rings (SSSR count). The molecule has 2 N–H and O–H groups in total. The van der Waals surface area contributed by atoms with Crippen molar-refractivity contribution < 1.29 is 23.7 Å². The number of amides is 2. The number of aryl methyl sites for hydroxylation is 1. The summed E-state index contributed by atoms with van der Waals surface area (Å²) in [6.45, 7) is 14.8. The maximum atomic E-state index is 13.9. The summed E-state index contributed by atoms with van der Waals surface area (Å²) in [5.74, 6) is -1.46. The molecule has 13 heteroatoms. The largest absolute Gasteiger partial charge is 0.460 e. The molecule has 2 unspecified atom stereocenters. The Hall–Kier alpha value is -3.77. The molecule has 2 aromatic heterocycles. The Kier molecular flexibility index (Phi) is 11.3. The van der Waals surface area contributed by atoms with Crippen LogP contribution in [-0.4, -0.2) is 67.3 Å². The fourth-order valence-corrected chi connectivity index (χ4v) is 5.22. The number of likely N-dealkylation sites (N-methyl/N-ethyl adjacent to an activating group) is 1. The number of hydrogen-bond donors (Lipinski definition) is 2. The van der Waals surface area contributed by atoms with Gasteiger partial charge in [-0.25, -0.2) is 9.61 Å². The van der Waals surface area contributed by atoms with Gasteiger partial charge in [-0.3, -0.25) is 23.7 Å². The molecule has 0 bridgehead atoms. The lowest BCUT2D eigenvalue weighted by atomic mass is 9.92. The number of hydrogen-bond acceptors (Lipinski definition) is 10. The molecule has 2 aromatic rings. The number of aromatic nitrogens is 4. The molecule has 13 nitrogen and oxygen atoms in total. The van der Waals surface area contributed by atoms with Gasteiger partial charge >= 0.3 is 5.97 Å². The highest BCUT2D eigenvalue weighted by Crippen LogP contribution is 2.24. The zero-order valence-corrected chi connectivity index (χ0v) is 27.7. The Labute approximate surface area is 259 Å². The van der Waals surface area contributed by atoms with Gasteiger partial charge in [-0.1, -0.05) is 57.3 Å². The highest BCUT2D eigenvalue weighted by Gasteiger charge is 2.34. The fraction of sp³-hybridized carbons (Fsp3) is 0.710. The summed E-state index contributed by atoms with van der Waals surface area (Å²) in [6, 6.07) is -2.10. The van der Waals surface area contributed by atoms with Gasteiger partial charge in [-0.15, -0.1) is 0 Å². The predicted octanol–water partition coefficient (Wildman–Crippen LogP) is 3.80. The number of anilines is 1. The van der Waals surface area contributed by atoms with Gasteiger partial charge in [-0.2, -0.15) is 0 Å². The van der Waals surface area contributed by atoms with E-state index in [9.17, 15) is 19.2 Å². The van der Waals surface area contributed by atoms with E-state index in [0.717, 1.165) is 32.1 Å². The highest BCUT2D eigenvalue weighted by molar-refractivity contribution is 5.92. The first-order chi connectivity index (χ1) is 20.5. The van der Waals surface area contributed by atoms with Crippen molar-refractivity contribution in [3.05, 3.63) is 33.6 Å². The molecule has 1 aliphatic carbocycles. The topological polar surface area (TPSA) is 162 Å². The van der Waals surface area contributed by atoms with Gasteiger partial charge < -0.3 is 20.3 Å². The van der Waals surface area contributed by atoms with Crippen LogP contribution in [0.3, 0.4) is 0 Å². The molecule has 2 atom stereocenters. The van der Waals surface area contributed by atoms with E-state index in [-0.39, 0.29) is 37.2 Å². The fourth-order valence-electron chi connectivity index (χ4n) is 5.22. The summed E-state index contributed by atoms with van der Waals surface area (Å²) >= 11 is 0. The molecule has 1 fully saturated rings. The second kappa shape index (κ2) is 14.3. The Bertz CT molecular complexity index is 1360. The third kappa shape index (κ3) is 9.12. The standard InChI is InChI=1S/C31H49N7O6/c1-10-23(38-18-24(30(3,4)5)34-26(29(38)42)32-17-22-19(2)35-44-36-22)27(40)33-21(16-25(39)43-31(6,7)8)28(41)37(9)20-14-12-11-13-15-20/h18,20-21,23H,10-17H2,1-9H3,(H,32,34)(H,33,40). The van der Waals surface area contributed by atoms with E-state index in [1.165, 1.54) is 4.57 Å². The van der Waals surface area contributed by atoms with Crippen molar-refractivity contribution >= 4 is 23.6 Å². The molecule has 1 aliphatic rings. The van der Waals surface area contributed by atoms with E-state index in [2.05, 4.69) is 25.9 Å². The molecule has 1 saturated carbocycles. The number of ether oxygens (including phenoxy) is 1. The molecule has 44 heavy (non-hydrogen) atoms. The second-order valence-electron chi connectivity index (χ2n) is 13.6. The number of rotatable bonds is 11. The van der Waals surface area contributed by atoms with Crippen LogP contribution in [0.5, 0.6) is 0 Å². The maximum Gasteiger partial charge on any atom is 0.308 e. The van der Waals surface area contributed by atoms with Gasteiger partial charge in [0.1, 0.15) is 29.1 Å². The quantitative estimate of drug-likeness (QED) is 0.356. The first-order valence-corrected chi connectivity index (χ1v) is 15.5. The van der Waals surface area contributed by atoms with Crippen LogP contribution in [0.25, 0.3) is 0 Å². The predicted molar refractivity (Wildman–Crippen MR) is 165 cm³/mol. The Balaban J connectivity index is 1.94. The smallest absolute Gasteiger partial charge is 0.308 e. The summed E-state index contributed by atoms with van der Waals surface area (Å²) in [7, 11) is 1.72. The lowest BCUT2D eigenvalue weighted by Crippen LogP contribution is -2.53. The molecule has 2 amide bonds. The highest BCUT2D eigenvalue weighted by atomic mass is 16.6. The third-order valence-electron chi connectivity index (χ3n) is 7.77. The first kappa shape index (κ1) is 34.7. The van der Waals surface area contributed by atoms with Crippen molar-refractivity contribution in [2.24, 2.45) is 0 Å². The monoisotopic (exact) mass is 615 g/mol. The molecule has 0 radical (unpaired) electrons. The van der Waals surface area contributed by atoms with Gasteiger partial charge in [0.25, 0.3) is 5.56 Å². The molecule has 0 aliphatic heterocycles. The van der Waals surface area contributed by atoms with Crippen LogP contribution in [0.15, 0.2) is 15.6 Å². The Morgan fingerprint density at radius 1 is 1.11 bits per heavy atom. The van der Waals surface area contributed by atoms with Crippen LogP contribution in [0.1, 0.15) is 117 Å². The third-order valence-corrected chi connectivity index (χ3v) is 7.77. The average Bonchev–Trinajstić information content (AvgIpc) is 3.35. The van der Waals surface area contributed by atoms with Crippen LogP contribution in [-0.2, 0) is 31.1 Å². The number of esters is 1. The zero-order chi connectivity index (χ0) is 32.8. The average molecular weight is 616 g/mol. The first-order valence-electron chi connectivity index (χ1n) is 15.5. The van der Waals surface area contributed by atoms with Gasteiger partial charge in [0, 0.05) is 24.7 Å². The summed E-state index contributed by atoms with van der Waals surface area (Å²) in [5.41, 5.74) is -0.0381. The van der Waals surface area contributed by atoms with E-state index in [1.807, 2.05) is 20.8 Å². The van der Waals surface area contributed by atoms with Gasteiger partial charge in [0.05, 0.1) is 18.7 Å². The minimum atomic E-state index is -1.15. The van der Waals surface area contributed by atoms with Gasteiger partial charge in [0.2, 0.25) is 11.8 Å². The van der Waals surface area contributed by atoms with Crippen molar-refractivity contribution in [3.8, 4) is 0 Å².